The molecule has 1 aromatic rings. The van der Waals surface area contributed by atoms with Crippen molar-refractivity contribution in [2.75, 3.05) is 13.2 Å². The van der Waals surface area contributed by atoms with Gasteiger partial charge < -0.3 is 25.0 Å². The lowest BCUT2D eigenvalue weighted by Crippen LogP contribution is -2.71. The van der Waals surface area contributed by atoms with Crippen LogP contribution in [0, 0.1) is 0 Å². The van der Waals surface area contributed by atoms with E-state index in [9.17, 15) is 19.2 Å². The van der Waals surface area contributed by atoms with Gasteiger partial charge in [-0.25, -0.2) is 4.79 Å². The fourth-order valence-electron chi connectivity index (χ4n) is 2.94. The molecular formula is C15H15N3O6. The molecule has 2 heterocycles. The number of benzene rings is 1. The lowest BCUT2D eigenvalue weighted by atomic mass is 9.96. The van der Waals surface area contributed by atoms with E-state index in [0.29, 0.717) is 12.2 Å². The molecule has 9 heteroatoms. The number of carbonyl (C=O) groups is 4. The van der Waals surface area contributed by atoms with E-state index in [-0.39, 0.29) is 13.2 Å². The average molecular weight is 333 g/mol. The van der Waals surface area contributed by atoms with Crippen molar-refractivity contribution in [2.24, 2.45) is 0 Å². The zero-order valence-corrected chi connectivity index (χ0v) is 12.5. The number of carbonyl (C=O) groups excluding carboxylic acids is 3. The van der Waals surface area contributed by atoms with E-state index >= 15 is 0 Å². The summed E-state index contributed by atoms with van der Waals surface area (Å²) in [4.78, 5) is 48.3. The maximum Gasteiger partial charge on any atom is 0.347 e. The summed E-state index contributed by atoms with van der Waals surface area (Å²) in [5, 5.41) is 11.7. The molecule has 126 valence electrons. The predicted molar refractivity (Wildman–Crippen MR) is 78.7 cm³/mol. The molecule has 3 amide bonds. The largest absolute Gasteiger partial charge is 0.484 e. The van der Waals surface area contributed by atoms with Crippen molar-refractivity contribution in [1.82, 2.24) is 15.1 Å². The van der Waals surface area contributed by atoms with Crippen LogP contribution in [0.1, 0.15) is 0 Å². The third kappa shape index (κ3) is 2.64. The molecule has 0 aliphatic carbocycles. The highest BCUT2D eigenvalue weighted by molar-refractivity contribution is 5.97. The monoisotopic (exact) mass is 333 g/mol. The van der Waals surface area contributed by atoms with Crippen LogP contribution in [0.15, 0.2) is 30.3 Å². The summed E-state index contributed by atoms with van der Waals surface area (Å²) in [6, 6.07) is 7.35. The smallest absolute Gasteiger partial charge is 0.347 e. The third-order valence-electron chi connectivity index (χ3n) is 4.02. The van der Waals surface area contributed by atoms with Crippen LogP contribution in [-0.2, 0) is 19.2 Å². The number of rotatable bonds is 6. The molecule has 3 rings (SSSR count). The van der Waals surface area contributed by atoms with E-state index < -0.39 is 36.0 Å². The Bertz CT molecular complexity index is 679. The summed E-state index contributed by atoms with van der Waals surface area (Å²) in [7, 11) is 0. The lowest BCUT2D eigenvalue weighted by Gasteiger charge is -2.43. The quantitative estimate of drug-likeness (QED) is 0.491. The van der Waals surface area contributed by atoms with E-state index in [1.54, 1.807) is 24.3 Å². The van der Waals surface area contributed by atoms with Crippen molar-refractivity contribution in [1.29, 1.82) is 0 Å². The van der Waals surface area contributed by atoms with E-state index in [1.165, 1.54) is 0 Å². The molecule has 0 saturated carbocycles. The standard InChI is InChI=1S/C15H15N3O6/c19-8-17-6-10-12(14(21)18(10)13(17)15(22)23)16-11(20)7-24-9-4-2-1-3-5-9/h1-5,8,10,12-13H,6-7H2,(H,16,20)(H,22,23)/t10?,12-,13?/m0/s1. The van der Waals surface area contributed by atoms with E-state index in [1.807, 2.05) is 6.07 Å². The first-order chi connectivity index (χ1) is 11.5. The van der Waals surface area contributed by atoms with Crippen molar-refractivity contribution in [3.05, 3.63) is 30.3 Å². The second-order valence-corrected chi connectivity index (χ2v) is 5.47. The molecular weight excluding hydrogens is 318 g/mol. The number of ether oxygens (including phenoxy) is 1. The summed E-state index contributed by atoms with van der Waals surface area (Å²) in [5.41, 5.74) is 0. The first-order valence-corrected chi connectivity index (χ1v) is 7.26. The summed E-state index contributed by atoms with van der Waals surface area (Å²) >= 11 is 0. The molecule has 0 radical (unpaired) electrons. The van der Waals surface area contributed by atoms with Gasteiger partial charge in [-0.2, -0.15) is 0 Å². The van der Waals surface area contributed by atoms with Crippen LogP contribution in [0.4, 0.5) is 0 Å². The summed E-state index contributed by atoms with van der Waals surface area (Å²) in [6.07, 6.45) is -0.921. The summed E-state index contributed by atoms with van der Waals surface area (Å²) in [5.74, 6) is -1.78. The SMILES string of the molecule is O=CN1CC2[C@H](NC(=O)COc3ccccc3)C(=O)N2C1C(=O)O. The number of nitrogens with zero attached hydrogens (tertiary/aromatic N) is 2. The Kier molecular flexibility index (Phi) is 4.07. The number of aliphatic carboxylic acids is 1. The maximum atomic E-state index is 12.1. The number of para-hydroxylation sites is 1. The second-order valence-electron chi connectivity index (χ2n) is 5.47. The minimum absolute atomic E-state index is 0.0662. The van der Waals surface area contributed by atoms with Gasteiger partial charge in [0, 0.05) is 6.54 Å². The highest BCUT2D eigenvalue weighted by atomic mass is 16.5. The minimum Gasteiger partial charge on any atom is -0.484 e. The number of amides is 3. The Morgan fingerprint density at radius 3 is 2.67 bits per heavy atom. The van der Waals surface area contributed by atoms with Gasteiger partial charge in [-0.3, -0.25) is 14.4 Å². The predicted octanol–water partition coefficient (Wildman–Crippen LogP) is -1.36. The summed E-state index contributed by atoms with van der Waals surface area (Å²) in [6.45, 7) is -0.197. The molecule has 2 saturated heterocycles. The second kappa shape index (κ2) is 6.19. The van der Waals surface area contributed by atoms with E-state index in [0.717, 1.165) is 9.80 Å². The molecule has 0 spiro atoms. The van der Waals surface area contributed by atoms with Crippen molar-refractivity contribution >= 4 is 24.2 Å². The van der Waals surface area contributed by atoms with Crippen LogP contribution in [0.2, 0.25) is 0 Å². The Hall–Kier alpha value is -3.10. The molecule has 0 bridgehead atoms. The first-order valence-electron chi connectivity index (χ1n) is 7.26. The molecule has 3 atom stereocenters. The normalized spacial score (nSPS) is 24.8. The minimum atomic E-state index is -1.31. The molecule has 2 fully saturated rings. The molecule has 2 unspecified atom stereocenters. The van der Waals surface area contributed by atoms with Gasteiger partial charge in [-0.15, -0.1) is 0 Å². The molecule has 0 aromatic heterocycles. The fraction of sp³-hybridized carbons (Fsp3) is 0.333. The van der Waals surface area contributed by atoms with Crippen molar-refractivity contribution < 1.29 is 29.0 Å². The van der Waals surface area contributed by atoms with Gasteiger partial charge in [-0.1, -0.05) is 18.2 Å². The highest BCUT2D eigenvalue weighted by Gasteiger charge is 2.59. The summed E-state index contributed by atoms with van der Waals surface area (Å²) < 4.78 is 5.29. The van der Waals surface area contributed by atoms with E-state index in [2.05, 4.69) is 5.32 Å². The van der Waals surface area contributed by atoms with Gasteiger partial charge >= 0.3 is 5.97 Å². The van der Waals surface area contributed by atoms with Crippen molar-refractivity contribution in [3.8, 4) is 5.75 Å². The molecule has 1 aromatic carbocycles. The van der Waals surface area contributed by atoms with Crippen LogP contribution < -0.4 is 10.1 Å². The van der Waals surface area contributed by atoms with Crippen LogP contribution in [0.3, 0.4) is 0 Å². The number of carboxylic acid groups (broad SMARTS) is 1. The number of hydrogen-bond acceptors (Lipinski definition) is 5. The van der Waals surface area contributed by atoms with Crippen LogP contribution >= 0.6 is 0 Å². The van der Waals surface area contributed by atoms with Crippen molar-refractivity contribution in [2.45, 2.75) is 18.2 Å². The lowest BCUT2D eigenvalue weighted by molar-refractivity contribution is -0.165. The van der Waals surface area contributed by atoms with Gasteiger partial charge in [0.1, 0.15) is 11.8 Å². The Morgan fingerprint density at radius 1 is 1.33 bits per heavy atom. The van der Waals surface area contributed by atoms with Gasteiger partial charge in [-0.05, 0) is 12.1 Å². The number of fused-ring (bicyclic) bond motifs is 1. The number of hydrogen-bond donors (Lipinski definition) is 2. The first kappa shape index (κ1) is 15.8. The van der Waals surface area contributed by atoms with Gasteiger partial charge in [0.25, 0.3) is 5.91 Å². The van der Waals surface area contributed by atoms with Crippen LogP contribution in [-0.4, -0.2) is 70.5 Å². The van der Waals surface area contributed by atoms with Gasteiger partial charge in [0.2, 0.25) is 18.5 Å². The van der Waals surface area contributed by atoms with Crippen molar-refractivity contribution in [3.63, 3.8) is 0 Å². The Labute approximate surface area is 136 Å². The Morgan fingerprint density at radius 2 is 2.04 bits per heavy atom. The van der Waals surface area contributed by atoms with Gasteiger partial charge in [0.05, 0.1) is 6.04 Å². The zero-order valence-electron chi connectivity index (χ0n) is 12.5. The zero-order chi connectivity index (χ0) is 17.3. The highest BCUT2D eigenvalue weighted by Crippen LogP contribution is 2.31. The molecule has 2 N–H and O–H groups in total. The van der Waals surface area contributed by atoms with Gasteiger partial charge in [0.15, 0.2) is 6.61 Å². The molecule has 24 heavy (non-hydrogen) atoms. The topological polar surface area (TPSA) is 116 Å². The van der Waals surface area contributed by atoms with E-state index in [4.69, 9.17) is 9.84 Å². The number of carboxylic acids is 1. The maximum absolute atomic E-state index is 12.1. The Balaban J connectivity index is 1.57. The van der Waals surface area contributed by atoms with Crippen LogP contribution in [0.25, 0.3) is 0 Å². The van der Waals surface area contributed by atoms with Crippen LogP contribution in [0.5, 0.6) is 5.75 Å². The molecule has 2 aliphatic heterocycles. The average Bonchev–Trinajstić information content (AvgIpc) is 2.94. The third-order valence-corrected chi connectivity index (χ3v) is 4.02. The molecule has 2 aliphatic rings. The number of nitrogens with one attached hydrogen (secondary N) is 1. The molecule has 9 nitrogen and oxygen atoms in total. The fourth-order valence-corrected chi connectivity index (χ4v) is 2.94. The number of β-lactam (4-membered cyclic amide) rings is 1.